The summed E-state index contributed by atoms with van der Waals surface area (Å²) in [6.45, 7) is 4.22. The molecule has 0 radical (unpaired) electrons. The Labute approximate surface area is 247 Å². The smallest absolute Gasteiger partial charge is 0.338 e. The summed E-state index contributed by atoms with van der Waals surface area (Å²) in [5, 5.41) is 10.6. The third-order valence-corrected chi connectivity index (χ3v) is 9.61. The number of nitrogens with zero attached hydrogens (tertiary/aromatic N) is 3. The Kier molecular flexibility index (Phi) is 11.1. The number of nitrogens with two attached hydrogens (primary N) is 1. The average Bonchev–Trinajstić information content (AvgIpc) is 3.38. The molecule has 4 rings (SSSR count). The molecule has 1 aromatic carbocycles. The summed E-state index contributed by atoms with van der Waals surface area (Å²) in [7, 11) is -3.27. The third kappa shape index (κ3) is 7.97. The van der Waals surface area contributed by atoms with E-state index in [2.05, 4.69) is 10.2 Å². The monoisotopic (exact) mass is 612 g/mol. The summed E-state index contributed by atoms with van der Waals surface area (Å²) >= 11 is 0. The molecule has 41 heavy (non-hydrogen) atoms. The number of carbonyl (C=O) groups is 3. The number of anilines is 1. The van der Waals surface area contributed by atoms with Crippen molar-refractivity contribution >= 4 is 51.7 Å². The van der Waals surface area contributed by atoms with E-state index in [1.807, 2.05) is 0 Å². The number of piperazine rings is 1. The summed E-state index contributed by atoms with van der Waals surface area (Å²) in [4.78, 5) is 43.1. The van der Waals surface area contributed by atoms with Gasteiger partial charge in [-0.15, -0.1) is 12.4 Å². The molecule has 3 aliphatic rings. The second-order valence-corrected chi connectivity index (χ2v) is 12.9. The molecule has 2 saturated heterocycles. The van der Waals surface area contributed by atoms with Crippen LogP contribution in [0.5, 0.6) is 0 Å². The van der Waals surface area contributed by atoms with E-state index < -0.39 is 22.0 Å². The Morgan fingerprint density at radius 1 is 1.02 bits per heavy atom. The molecule has 0 spiro atoms. The average molecular weight is 613 g/mol. The first-order chi connectivity index (χ1) is 19.0. The van der Waals surface area contributed by atoms with Crippen LogP contribution in [0.3, 0.4) is 0 Å². The van der Waals surface area contributed by atoms with Crippen molar-refractivity contribution in [3.63, 3.8) is 0 Å². The lowest BCUT2D eigenvalue weighted by atomic mass is 9.80. The Morgan fingerprint density at radius 2 is 1.61 bits per heavy atom. The van der Waals surface area contributed by atoms with Crippen molar-refractivity contribution in [1.29, 1.82) is 5.41 Å². The Morgan fingerprint density at radius 3 is 2.15 bits per heavy atom. The Balaban J connectivity index is 0.00000462. The van der Waals surface area contributed by atoms with Gasteiger partial charge in [0.2, 0.25) is 21.8 Å². The van der Waals surface area contributed by atoms with E-state index >= 15 is 0 Å². The number of esters is 1. The number of hydrogen-bond acceptors (Lipinski definition) is 8. The van der Waals surface area contributed by atoms with E-state index in [4.69, 9.17) is 15.9 Å². The normalized spacial score (nSPS) is 25.7. The van der Waals surface area contributed by atoms with E-state index in [9.17, 15) is 22.8 Å². The molecule has 1 aliphatic carbocycles. The van der Waals surface area contributed by atoms with Gasteiger partial charge in [0, 0.05) is 56.3 Å². The van der Waals surface area contributed by atoms with Crippen molar-refractivity contribution in [3.05, 3.63) is 29.8 Å². The highest BCUT2D eigenvalue weighted by molar-refractivity contribution is 7.88. The predicted molar refractivity (Wildman–Crippen MR) is 158 cm³/mol. The zero-order valence-electron chi connectivity index (χ0n) is 23.6. The summed E-state index contributed by atoms with van der Waals surface area (Å²) in [6, 6.07) is 5.69. The van der Waals surface area contributed by atoms with Crippen LogP contribution in [0.15, 0.2) is 24.3 Å². The molecule has 2 aliphatic heterocycles. The van der Waals surface area contributed by atoms with Gasteiger partial charge >= 0.3 is 5.97 Å². The molecule has 0 unspecified atom stereocenters. The third-order valence-electron chi connectivity index (χ3n) is 8.30. The van der Waals surface area contributed by atoms with Crippen LogP contribution in [0.25, 0.3) is 0 Å². The SMILES string of the molecule is CCOC(=O)c1ccc(NC(=O)[C@@H]2C[C@H](N3CCN(S(C)(=O)=O)CC3)CN2C(=O)C2CCC(C(=N)N)CC2)cc1.Cl. The minimum absolute atomic E-state index is 0. The van der Waals surface area contributed by atoms with Crippen molar-refractivity contribution in [2.45, 2.75) is 51.1 Å². The predicted octanol–water partition coefficient (Wildman–Crippen LogP) is 1.51. The first-order valence-electron chi connectivity index (χ1n) is 13.9. The van der Waals surface area contributed by atoms with Crippen molar-refractivity contribution in [1.82, 2.24) is 14.1 Å². The van der Waals surface area contributed by atoms with Gasteiger partial charge in [-0.25, -0.2) is 13.2 Å². The second kappa shape index (κ2) is 14.0. The molecular formula is C27H41ClN6O6S. The van der Waals surface area contributed by atoms with Crippen LogP contribution in [-0.2, 0) is 24.3 Å². The largest absolute Gasteiger partial charge is 0.462 e. The number of rotatable bonds is 8. The highest BCUT2D eigenvalue weighted by Gasteiger charge is 2.44. The van der Waals surface area contributed by atoms with Gasteiger partial charge in [0.25, 0.3) is 0 Å². The van der Waals surface area contributed by atoms with Gasteiger partial charge < -0.3 is 20.7 Å². The van der Waals surface area contributed by atoms with E-state index in [-0.39, 0.29) is 54.5 Å². The van der Waals surface area contributed by atoms with Gasteiger partial charge in [-0.05, 0) is 63.3 Å². The van der Waals surface area contributed by atoms with Crippen molar-refractivity contribution in [3.8, 4) is 0 Å². The second-order valence-electron chi connectivity index (χ2n) is 10.9. The number of hydrogen-bond donors (Lipinski definition) is 3. The number of amides is 2. The fourth-order valence-corrected chi connectivity index (χ4v) is 6.81. The van der Waals surface area contributed by atoms with Crippen LogP contribution in [0, 0.1) is 17.2 Å². The maximum Gasteiger partial charge on any atom is 0.338 e. The summed E-state index contributed by atoms with van der Waals surface area (Å²) in [5.41, 5.74) is 6.58. The number of sulfonamides is 1. The van der Waals surface area contributed by atoms with Gasteiger partial charge in [0.05, 0.1) is 24.3 Å². The van der Waals surface area contributed by atoms with Gasteiger partial charge in [0.1, 0.15) is 6.04 Å². The van der Waals surface area contributed by atoms with E-state index in [0.29, 0.717) is 76.1 Å². The zero-order valence-corrected chi connectivity index (χ0v) is 25.2. The number of benzene rings is 1. The molecule has 0 bridgehead atoms. The molecule has 1 aromatic rings. The molecule has 12 nitrogen and oxygen atoms in total. The van der Waals surface area contributed by atoms with Crippen LogP contribution in [0.2, 0.25) is 0 Å². The Hall–Kier alpha value is -2.74. The highest BCUT2D eigenvalue weighted by atomic mass is 35.5. The van der Waals surface area contributed by atoms with Crippen molar-refractivity contribution in [2.24, 2.45) is 17.6 Å². The molecule has 2 heterocycles. The number of ether oxygens (including phenoxy) is 1. The molecular weight excluding hydrogens is 572 g/mol. The zero-order chi connectivity index (χ0) is 29.0. The number of halogens is 1. The van der Waals surface area contributed by atoms with Crippen molar-refractivity contribution < 1.29 is 27.5 Å². The van der Waals surface area contributed by atoms with Crippen LogP contribution in [0.1, 0.15) is 49.4 Å². The topological polar surface area (TPSA) is 166 Å². The Bertz CT molecular complexity index is 1210. The van der Waals surface area contributed by atoms with Crippen molar-refractivity contribution in [2.75, 3.05) is 50.9 Å². The highest BCUT2D eigenvalue weighted by Crippen LogP contribution is 2.33. The van der Waals surface area contributed by atoms with Crippen LogP contribution >= 0.6 is 12.4 Å². The fraction of sp³-hybridized carbons (Fsp3) is 0.630. The van der Waals surface area contributed by atoms with E-state index in [1.165, 1.54) is 10.6 Å². The summed E-state index contributed by atoms with van der Waals surface area (Å²) in [6.07, 6.45) is 4.27. The number of carbonyl (C=O) groups excluding carboxylic acids is 3. The van der Waals surface area contributed by atoms with E-state index in [1.54, 1.807) is 36.1 Å². The van der Waals surface area contributed by atoms with Gasteiger partial charge in [-0.2, -0.15) is 4.31 Å². The number of nitrogens with one attached hydrogen (secondary N) is 2. The number of amidine groups is 1. The minimum atomic E-state index is -3.27. The van der Waals surface area contributed by atoms with Gasteiger partial charge in [-0.1, -0.05) is 0 Å². The van der Waals surface area contributed by atoms with Crippen LogP contribution in [0.4, 0.5) is 5.69 Å². The molecule has 2 atom stereocenters. The lowest BCUT2D eigenvalue weighted by molar-refractivity contribution is -0.141. The van der Waals surface area contributed by atoms with Crippen LogP contribution in [-0.4, -0.2) is 104 Å². The first-order valence-corrected chi connectivity index (χ1v) is 15.7. The summed E-state index contributed by atoms with van der Waals surface area (Å²) < 4.78 is 30.4. The molecule has 4 N–H and O–H groups in total. The van der Waals surface area contributed by atoms with Gasteiger partial charge in [0.15, 0.2) is 0 Å². The quantitative estimate of drug-likeness (QED) is 0.226. The molecule has 1 saturated carbocycles. The fourth-order valence-electron chi connectivity index (χ4n) is 5.99. The van der Waals surface area contributed by atoms with E-state index in [0.717, 1.165) is 0 Å². The number of likely N-dealkylation sites (tertiary alicyclic amines) is 1. The molecule has 0 aromatic heterocycles. The molecule has 3 fully saturated rings. The standard InChI is InChI=1S/C27H40N6O6S.ClH/c1-3-39-27(36)20-8-10-21(11-9-20)30-25(34)23-16-22(31-12-14-32(15-13-31)40(2,37)38)17-33(23)26(35)19-6-4-18(5-7-19)24(28)29;/h8-11,18-19,22-23H,3-7,12-17H2,1-2H3,(H3,28,29)(H,30,34);1H/t18?,19?,22-,23-;/m0./s1. The van der Waals surface area contributed by atoms with Crippen LogP contribution < -0.4 is 11.1 Å². The first kappa shape index (κ1) is 32.8. The van der Waals surface area contributed by atoms with Gasteiger partial charge in [-0.3, -0.25) is 19.9 Å². The minimum Gasteiger partial charge on any atom is -0.462 e. The molecule has 2 amide bonds. The maximum absolute atomic E-state index is 13.7. The maximum atomic E-state index is 13.7. The lowest BCUT2D eigenvalue weighted by Gasteiger charge is -2.37. The molecule has 228 valence electrons. The lowest BCUT2D eigenvalue weighted by Crippen LogP contribution is -2.52. The molecule has 14 heteroatoms. The summed E-state index contributed by atoms with van der Waals surface area (Å²) in [5.74, 6) is -0.865.